The van der Waals surface area contributed by atoms with E-state index in [0.29, 0.717) is 5.56 Å². The average Bonchev–Trinajstić information content (AvgIpc) is 2.89. The maximum atomic E-state index is 14.0. The van der Waals surface area contributed by atoms with Gasteiger partial charge in [0.1, 0.15) is 24.2 Å². The molecule has 3 aromatic rings. The molecule has 8 nitrogen and oxygen atoms in total. The third kappa shape index (κ3) is 8.28. The summed E-state index contributed by atoms with van der Waals surface area (Å²) in [5.41, 5.74) is 1.61. The molecule has 0 unspecified atom stereocenters. The first kappa shape index (κ1) is 29.6. The first-order valence-electron chi connectivity index (χ1n) is 12.5. The zero-order valence-corrected chi connectivity index (χ0v) is 23.3. The minimum Gasteiger partial charge on any atom is -0.495 e. The second-order valence-electron chi connectivity index (χ2n) is 9.46. The Hall–Kier alpha value is -3.92. The quantitative estimate of drug-likeness (QED) is 0.367. The zero-order valence-electron chi connectivity index (χ0n) is 22.5. The van der Waals surface area contributed by atoms with E-state index in [9.17, 15) is 22.4 Å². The number of sulfonamides is 1. The molecule has 0 saturated heterocycles. The van der Waals surface area contributed by atoms with Gasteiger partial charge in [-0.2, -0.15) is 0 Å². The van der Waals surface area contributed by atoms with Crippen molar-refractivity contribution in [3.63, 3.8) is 0 Å². The topological polar surface area (TPSA) is 96.0 Å². The van der Waals surface area contributed by atoms with Crippen LogP contribution < -0.4 is 14.4 Å². The van der Waals surface area contributed by atoms with Gasteiger partial charge < -0.3 is 15.0 Å². The average molecular weight is 556 g/mol. The number of benzene rings is 3. The van der Waals surface area contributed by atoms with Crippen LogP contribution >= 0.6 is 0 Å². The number of halogens is 1. The van der Waals surface area contributed by atoms with E-state index in [0.717, 1.165) is 16.1 Å². The smallest absolute Gasteiger partial charge is 0.244 e. The molecule has 1 atom stereocenters. The van der Waals surface area contributed by atoms with Gasteiger partial charge in [-0.3, -0.25) is 13.9 Å². The highest BCUT2D eigenvalue weighted by Crippen LogP contribution is 2.30. The molecule has 0 fully saturated rings. The van der Waals surface area contributed by atoms with Crippen LogP contribution in [0.3, 0.4) is 0 Å². The lowest BCUT2D eigenvalue weighted by Gasteiger charge is -2.34. The van der Waals surface area contributed by atoms with Crippen LogP contribution in [-0.2, 0) is 32.6 Å². The van der Waals surface area contributed by atoms with Crippen LogP contribution in [0.5, 0.6) is 5.75 Å². The Labute approximate surface area is 229 Å². The number of anilines is 1. The molecular formula is C29H34FN3O5S. The second kappa shape index (κ2) is 13.2. The number of hydrogen-bond donors (Lipinski definition) is 1. The van der Waals surface area contributed by atoms with Crippen molar-refractivity contribution in [2.75, 3.05) is 24.2 Å². The molecule has 0 spiro atoms. The highest BCUT2D eigenvalue weighted by atomic mass is 32.2. The van der Waals surface area contributed by atoms with Gasteiger partial charge in [0, 0.05) is 19.0 Å². The van der Waals surface area contributed by atoms with Crippen molar-refractivity contribution in [2.24, 2.45) is 0 Å². The Morgan fingerprint density at radius 1 is 0.923 bits per heavy atom. The van der Waals surface area contributed by atoms with Crippen LogP contribution in [0, 0.1) is 5.82 Å². The molecule has 0 saturated carbocycles. The van der Waals surface area contributed by atoms with E-state index in [1.807, 2.05) is 44.2 Å². The maximum Gasteiger partial charge on any atom is 0.244 e. The number of carbonyl (C=O) groups excluding carboxylic acids is 2. The Morgan fingerprint density at radius 2 is 1.54 bits per heavy atom. The van der Waals surface area contributed by atoms with Gasteiger partial charge in [-0.25, -0.2) is 12.8 Å². The molecule has 3 aromatic carbocycles. The number of hydrogen-bond acceptors (Lipinski definition) is 5. The SMILES string of the molecule is COc1ccccc1N(CC(=O)N(Cc1ccc(F)cc1)[C@H](Cc1ccccc1)C(=O)NC(C)C)S(C)(=O)=O. The van der Waals surface area contributed by atoms with Crippen LogP contribution in [0.15, 0.2) is 78.9 Å². The van der Waals surface area contributed by atoms with Gasteiger partial charge in [0.2, 0.25) is 21.8 Å². The molecule has 1 N–H and O–H groups in total. The lowest BCUT2D eigenvalue weighted by Crippen LogP contribution is -2.54. The number of carbonyl (C=O) groups is 2. The van der Waals surface area contributed by atoms with E-state index in [1.165, 1.54) is 36.3 Å². The monoisotopic (exact) mass is 555 g/mol. The summed E-state index contributed by atoms with van der Waals surface area (Å²) in [5, 5.41) is 2.88. The van der Waals surface area contributed by atoms with Crippen molar-refractivity contribution in [2.45, 2.75) is 38.9 Å². The number of para-hydroxylation sites is 2. The van der Waals surface area contributed by atoms with E-state index in [1.54, 1.807) is 24.3 Å². The fourth-order valence-electron chi connectivity index (χ4n) is 4.15. The largest absolute Gasteiger partial charge is 0.495 e. The molecule has 0 aliphatic rings. The minimum absolute atomic E-state index is 0.0361. The minimum atomic E-state index is -3.93. The van der Waals surface area contributed by atoms with E-state index >= 15 is 0 Å². The van der Waals surface area contributed by atoms with Crippen molar-refractivity contribution in [1.29, 1.82) is 0 Å². The molecule has 0 aromatic heterocycles. The third-order valence-corrected chi connectivity index (χ3v) is 7.13. The van der Waals surface area contributed by atoms with Crippen LogP contribution in [0.25, 0.3) is 0 Å². The van der Waals surface area contributed by atoms with E-state index < -0.39 is 34.3 Å². The number of ether oxygens (including phenoxy) is 1. The van der Waals surface area contributed by atoms with Crippen molar-refractivity contribution >= 4 is 27.5 Å². The number of amides is 2. The molecule has 10 heteroatoms. The summed E-state index contributed by atoms with van der Waals surface area (Å²) in [6.07, 6.45) is 1.20. The van der Waals surface area contributed by atoms with E-state index in [4.69, 9.17) is 4.74 Å². The molecule has 0 aliphatic carbocycles. The summed E-state index contributed by atoms with van der Waals surface area (Å²) >= 11 is 0. The number of nitrogens with zero attached hydrogens (tertiary/aromatic N) is 2. The molecule has 3 rings (SSSR count). The third-order valence-electron chi connectivity index (χ3n) is 6.00. The van der Waals surface area contributed by atoms with Crippen LogP contribution in [0.1, 0.15) is 25.0 Å². The number of methoxy groups -OCH3 is 1. The highest BCUT2D eigenvalue weighted by molar-refractivity contribution is 7.92. The summed E-state index contributed by atoms with van der Waals surface area (Å²) in [6, 6.07) is 20.2. The van der Waals surface area contributed by atoms with Crippen molar-refractivity contribution in [3.05, 3.63) is 95.8 Å². The summed E-state index contributed by atoms with van der Waals surface area (Å²) in [4.78, 5) is 28.8. The molecule has 208 valence electrons. The van der Waals surface area contributed by atoms with Crippen LogP contribution in [-0.4, -0.2) is 57.1 Å². The predicted octanol–water partition coefficient (Wildman–Crippen LogP) is 3.77. The summed E-state index contributed by atoms with van der Waals surface area (Å²) in [6.45, 7) is 3.03. The molecule has 0 radical (unpaired) electrons. The van der Waals surface area contributed by atoms with Gasteiger partial charge in [0.15, 0.2) is 0 Å². The molecule has 2 amide bonds. The molecular weight excluding hydrogens is 521 g/mol. The first-order chi connectivity index (χ1) is 18.5. The van der Waals surface area contributed by atoms with Gasteiger partial charge in [-0.05, 0) is 49.2 Å². The standard InChI is InChI=1S/C29H34FN3O5S/c1-21(2)31-29(35)26(18-22-10-6-5-7-11-22)32(19-23-14-16-24(30)17-15-23)28(34)20-33(39(4,36)37)25-12-8-9-13-27(25)38-3/h5-17,21,26H,18-20H2,1-4H3,(H,31,35)/t26-/m1/s1. The Balaban J connectivity index is 2.07. The molecule has 39 heavy (non-hydrogen) atoms. The lowest BCUT2D eigenvalue weighted by atomic mass is 10.0. The molecule has 0 heterocycles. The fraction of sp³-hybridized carbons (Fsp3) is 0.310. The highest BCUT2D eigenvalue weighted by Gasteiger charge is 2.33. The van der Waals surface area contributed by atoms with Crippen molar-refractivity contribution in [3.8, 4) is 5.75 Å². The molecule has 0 aliphatic heterocycles. The predicted molar refractivity (Wildman–Crippen MR) is 149 cm³/mol. The van der Waals surface area contributed by atoms with Crippen LogP contribution in [0.2, 0.25) is 0 Å². The first-order valence-corrected chi connectivity index (χ1v) is 14.3. The summed E-state index contributed by atoms with van der Waals surface area (Å²) in [5.74, 6) is -1.14. The van der Waals surface area contributed by atoms with Crippen molar-refractivity contribution < 1.29 is 27.1 Å². The Kier molecular flexibility index (Phi) is 10.1. The Bertz CT molecular complexity index is 1370. The summed E-state index contributed by atoms with van der Waals surface area (Å²) in [7, 11) is -2.51. The molecule has 0 bridgehead atoms. The summed E-state index contributed by atoms with van der Waals surface area (Å²) < 4.78 is 45.7. The van der Waals surface area contributed by atoms with Crippen LogP contribution in [0.4, 0.5) is 10.1 Å². The zero-order chi connectivity index (χ0) is 28.6. The normalized spacial score (nSPS) is 12.1. The van der Waals surface area contributed by atoms with Gasteiger partial charge in [0.05, 0.1) is 19.1 Å². The number of nitrogens with one attached hydrogen (secondary N) is 1. The van der Waals surface area contributed by atoms with E-state index in [2.05, 4.69) is 5.32 Å². The maximum absolute atomic E-state index is 14.0. The fourth-order valence-corrected chi connectivity index (χ4v) is 5.00. The van der Waals surface area contributed by atoms with Gasteiger partial charge in [0.25, 0.3) is 0 Å². The van der Waals surface area contributed by atoms with Gasteiger partial charge >= 0.3 is 0 Å². The number of rotatable bonds is 12. The van der Waals surface area contributed by atoms with Gasteiger partial charge in [-0.15, -0.1) is 0 Å². The van der Waals surface area contributed by atoms with Crippen molar-refractivity contribution in [1.82, 2.24) is 10.2 Å². The van der Waals surface area contributed by atoms with E-state index in [-0.39, 0.29) is 36.4 Å². The van der Waals surface area contributed by atoms with Gasteiger partial charge in [-0.1, -0.05) is 54.6 Å². The Morgan fingerprint density at radius 3 is 2.13 bits per heavy atom. The lowest BCUT2D eigenvalue weighted by molar-refractivity contribution is -0.140. The second-order valence-corrected chi connectivity index (χ2v) is 11.4.